The first-order valence-electron chi connectivity index (χ1n) is 4.45. The van der Waals surface area contributed by atoms with Crippen LogP contribution in [-0.2, 0) is 11.3 Å². The number of anilines is 1. The Bertz CT molecular complexity index is 339. The lowest BCUT2D eigenvalue weighted by molar-refractivity contribution is -0.115. The second-order valence-corrected chi connectivity index (χ2v) is 3.33. The summed E-state index contributed by atoms with van der Waals surface area (Å²) in [6, 6.07) is 5.36. The summed E-state index contributed by atoms with van der Waals surface area (Å²) in [5.41, 5.74) is 7.05. The second-order valence-electron chi connectivity index (χ2n) is 2.92. The SMILES string of the molecule is CCC(=O)Nc1cc(CN)ccc1Cl. The average molecular weight is 213 g/mol. The van der Waals surface area contributed by atoms with Crippen LogP contribution in [-0.4, -0.2) is 5.91 Å². The molecule has 1 aromatic rings. The van der Waals surface area contributed by atoms with E-state index in [4.69, 9.17) is 17.3 Å². The van der Waals surface area contributed by atoms with Gasteiger partial charge in [0.25, 0.3) is 0 Å². The van der Waals surface area contributed by atoms with Crippen LogP contribution in [0.25, 0.3) is 0 Å². The van der Waals surface area contributed by atoms with Gasteiger partial charge in [-0.15, -0.1) is 0 Å². The minimum Gasteiger partial charge on any atom is -0.326 e. The van der Waals surface area contributed by atoms with Crippen molar-refractivity contribution in [2.24, 2.45) is 5.73 Å². The van der Waals surface area contributed by atoms with Crippen LogP contribution in [0.5, 0.6) is 0 Å². The van der Waals surface area contributed by atoms with E-state index in [1.165, 1.54) is 0 Å². The third-order valence-electron chi connectivity index (χ3n) is 1.86. The van der Waals surface area contributed by atoms with E-state index in [9.17, 15) is 4.79 Å². The standard InChI is InChI=1S/C10H13ClN2O/c1-2-10(14)13-9-5-7(6-12)3-4-8(9)11/h3-5H,2,6,12H2,1H3,(H,13,14). The van der Waals surface area contributed by atoms with Crippen molar-refractivity contribution in [3.05, 3.63) is 28.8 Å². The summed E-state index contributed by atoms with van der Waals surface area (Å²) in [5.74, 6) is -0.0546. The van der Waals surface area contributed by atoms with Gasteiger partial charge in [0.2, 0.25) is 5.91 Å². The minimum absolute atomic E-state index is 0.0546. The number of hydrogen-bond acceptors (Lipinski definition) is 2. The average Bonchev–Trinajstić information content (AvgIpc) is 2.21. The molecule has 0 radical (unpaired) electrons. The zero-order valence-corrected chi connectivity index (χ0v) is 8.77. The van der Waals surface area contributed by atoms with Crippen LogP contribution in [0.1, 0.15) is 18.9 Å². The molecule has 3 N–H and O–H groups in total. The number of rotatable bonds is 3. The Hall–Kier alpha value is -1.06. The molecule has 0 saturated heterocycles. The molecule has 0 aliphatic rings. The Morgan fingerprint density at radius 3 is 2.86 bits per heavy atom. The van der Waals surface area contributed by atoms with Gasteiger partial charge in [-0.2, -0.15) is 0 Å². The molecule has 14 heavy (non-hydrogen) atoms. The highest BCUT2D eigenvalue weighted by atomic mass is 35.5. The molecule has 0 bridgehead atoms. The zero-order chi connectivity index (χ0) is 10.6. The summed E-state index contributed by atoms with van der Waals surface area (Å²) in [5, 5.41) is 3.24. The quantitative estimate of drug-likeness (QED) is 0.807. The molecule has 1 amide bonds. The van der Waals surface area contributed by atoms with Crippen molar-refractivity contribution < 1.29 is 4.79 Å². The van der Waals surface area contributed by atoms with Crippen LogP contribution in [0.3, 0.4) is 0 Å². The summed E-state index contributed by atoms with van der Waals surface area (Å²) in [6.45, 7) is 2.22. The number of carbonyl (C=O) groups excluding carboxylic acids is 1. The van der Waals surface area contributed by atoms with E-state index in [2.05, 4.69) is 5.32 Å². The van der Waals surface area contributed by atoms with Gasteiger partial charge in [-0.1, -0.05) is 24.6 Å². The van der Waals surface area contributed by atoms with Crippen molar-refractivity contribution in [3.8, 4) is 0 Å². The van der Waals surface area contributed by atoms with Gasteiger partial charge < -0.3 is 11.1 Å². The van der Waals surface area contributed by atoms with Gasteiger partial charge in [0.1, 0.15) is 0 Å². The van der Waals surface area contributed by atoms with Crippen LogP contribution < -0.4 is 11.1 Å². The van der Waals surface area contributed by atoms with E-state index in [1.807, 2.05) is 6.07 Å². The van der Waals surface area contributed by atoms with Crippen molar-refractivity contribution in [2.75, 3.05) is 5.32 Å². The number of carbonyl (C=O) groups is 1. The maximum atomic E-state index is 11.1. The second kappa shape index (κ2) is 4.98. The smallest absolute Gasteiger partial charge is 0.224 e. The molecule has 4 heteroatoms. The van der Waals surface area contributed by atoms with Crippen molar-refractivity contribution in [1.82, 2.24) is 0 Å². The molecular weight excluding hydrogens is 200 g/mol. The zero-order valence-electron chi connectivity index (χ0n) is 8.01. The number of benzene rings is 1. The Morgan fingerprint density at radius 2 is 2.29 bits per heavy atom. The predicted octanol–water partition coefficient (Wildman–Crippen LogP) is 2.15. The maximum absolute atomic E-state index is 11.1. The Morgan fingerprint density at radius 1 is 1.57 bits per heavy atom. The van der Waals surface area contributed by atoms with Crippen LogP contribution in [0, 0.1) is 0 Å². The number of nitrogens with one attached hydrogen (secondary N) is 1. The highest BCUT2D eigenvalue weighted by molar-refractivity contribution is 6.33. The summed E-state index contributed by atoms with van der Waals surface area (Å²) in [4.78, 5) is 11.1. The van der Waals surface area contributed by atoms with Crippen LogP contribution >= 0.6 is 11.6 Å². The molecule has 1 rings (SSSR count). The fraction of sp³-hybridized carbons (Fsp3) is 0.300. The first-order valence-corrected chi connectivity index (χ1v) is 4.83. The fourth-order valence-corrected chi connectivity index (χ4v) is 1.20. The number of nitrogens with two attached hydrogens (primary N) is 1. The van der Waals surface area contributed by atoms with E-state index in [1.54, 1.807) is 19.1 Å². The van der Waals surface area contributed by atoms with Gasteiger partial charge in [0.05, 0.1) is 10.7 Å². The van der Waals surface area contributed by atoms with E-state index < -0.39 is 0 Å². The normalized spacial score (nSPS) is 9.93. The molecule has 0 spiro atoms. The first kappa shape index (κ1) is 11.0. The Labute approximate surface area is 88.2 Å². The molecule has 0 fully saturated rings. The molecule has 0 heterocycles. The monoisotopic (exact) mass is 212 g/mol. The third kappa shape index (κ3) is 2.72. The summed E-state index contributed by atoms with van der Waals surface area (Å²) >= 11 is 5.90. The van der Waals surface area contributed by atoms with Crippen molar-refractivity contribution in [2.45, 2.75) is 19.9 Å². The van der Waals surface area contributed by atoms with E-state index >= 15 is 0 Å². The summed E-state index contributed by atoms with van der Waals surface area (Å²) in [6.07, 6.45) is 0.434. The van der Waals surface area contributed by atoms with E-state index in [0.29, 0.717) is 23.7 Å². The predicted molar refractivity (Wildman–Crippen MR) is 58.3 cm³/mol. The topological polar surface area (TPSA) is 55.1 Å². The van der Waals surface area contributed by atoms with Crippen LogP contribution in [0.4, 0.5) is 5.69 Å². The largest absolute Gasteiger partial charge is 0.326 e. The van der Waals surface area contributed by atoms with Gasteiger partial charge >= 0.3 is 0 Å². The number of halogens is 1. The number of hydrogen-bond donors (Lipinski definition) is 2. The van der Waals surface area contributed by atoms with E-state index in [-0.39, 0.29) is 5.91 Å². The summed E-state index contributed by atoms with van der Waals surface area (Å²) < 4.78 is 0. The molecule has 0 aliphatic heterocycles. The van der Waals surface area contributed by atoms with Crippen molar-refractivity contribution in [3.63, 3.8) is 0 Å². The molecule has 3 nitrogen and oxygen atoms in total. The lowest BCUT2D eigenvalue weighted by atomic mass is 10.2. The molecule has 0 unspecified atom stereocenters. The molecular formula is C10H13ClN2O. The highest BCUT2D eigenvalue weighted by Gasteiger charge is 2.04. The first-order chi connectivity index (χ1) is 6.67. The summed E-state index contributed by atoms with van der Waals surface area (Å²) in [7, 11) is 0. The third-order valence-corrected chi connectivity index (χ3v) is 2.19. The van der Waals surface area contributed by atoms with Gasteiger partial charge in [-0.05, 0) is 17.7 Å². The van der Waals surface area contributed by atoms with Crippen LogP contribution in [0.2, 0.25) is 5.02 Å². The minimum atomic E-state index is -0.0546. The van der Waals surface area contributed by atoms with Crippen molar-refractivity contribution in [1.29, 1.82) is 0 Å². The van der Waals surface area contributed by atoms with Crippen molar-refractivity contribution >= 4 is 23.2 Å². The number of amides is 1. The highest BCUT2D eigenvalue weighted by Crippen LogP contribution is 2.22. The Kier molecular flexibility index (Phi) is 3.92. The van der Waals surface area contributed by atoms with Crippen LogP contribution in [0.15, 0.2) is 18.2 Å². The van der Waals surface area contributed by atoms with E-state index in [0.717, 1.165) is 5.56 Å². The molecule has 0 atom stereocenters. The molecule has 0 aromatic heterocycles. The van der Waals surface area contributed by atoms with Gasteiger partial charge in [0, 0.05) is 13.0 Å². The van der Waals surface area contributed by atoms with Gasteiger partial charge in [-0.25, -0.2) is 0 Å². The lowest BCUT2D eigenvalue weighted by Crippen LogP contribution is -2.10. The molecule has 0 saturated carbocycles. The fourth-order valence-electron chi connectivity index (χ4n) is 1.03. The lowest BCUT2D eigenvalue weighted by Gasteiger charge is -2.07. The maximum Gasteiger partial charge on any atom is 0.224 e. The molecule has 1 aromatic carbocycles. The molecule has 76 valence electrons. The molecule has 0 aliphatic carbocycles. The Balaban J connectivity index is 2.89. The van der Waals surface area contributed by atoms with Gasteiger partial charge in [-0.3, -0.25) is 4.79 Å². The van der Waals surface area contributed by atoms with Gasteiger partial charge in [0.15, 0.2) is 0 Å².